The van der Waals surface area contributed by atoms with Gasteiger partial charge in [0.25, 0.3) is 0 Å². The molecule has 0 saturated heterocycles. The van der Waals surface area contributed by atoms with Crippen LogP contribution in [-0.2, 0) is 6.42 Å². The van der Waals surface area contributed by atoms with Crippen molar-refractivity contribution in [1.82, 2.24) is 10.6 Å². The first-order chi connectivity index (χ1) is 7.68. The maximum atomic E-state index is 10.5. The van der Waals surface area contributed by atoms with E-state index in [1.165, 1.54) is 5.56 Å². The molecule has 1 aliphatic heterocycles. The smallest absolute Gasteiger partial charge is 0.410 e. The third-order valence-electron chi connectivity index (χ3n) is 2.64. The minimum absolute atomic E-state index is 0.0281. The van der Waals surface area contributed by atoms with Gasteiger partial charge in [0, 0.05) is 6.54 Å². The fraction of sp³-hybridized carbons (Fsp3) is 0.273. The van der Waals surface area contributed by atoms with Crippen molar-refractivity contribution in [3.8, 4) is 0 Å². The molecule has 1 unspecified atom stereocenters. The van der Waals surface area contributed by atoms with Crippen LogP contribution in [-0.4, -0.2) is 23.6 Å². The van der Waals surface area contributed by atoms with Gasteiger partial charge in [-0.25, -0.2) is 4.79 Å². The van der Waals surface area contributed by atoms with Gasteiger partial charge in [-0.05, 0) is 17.5 Å². The van der Waals surface area contributed by atoms with Crippen molar-refractivity contribution < 1.29 is 9.90 Å². The van der Waals surface area contributed by atoms with Crippen LogP contribution in [0.1, 0.15) is 17.2 Å². The van der Waals surface area contributed by atoms with Gasteiger partial charge in [-0.1, -0.05) is 24.3 Å². The highest BCUT2D eigenvalue weighted by atomic mass is 16.4. The molecule has 0 aliphatic carbocycles. The molecule has 2 rings (SSSR count). The molecule has 0 aromatic heterocycles. The number of hydrogen-bond donors (Lipinski definition) is 4. The maximum Gasteiger partial charge on any atom is 0.410 e. The van der Waals surface area contributed by atoms with E-state index in [1.807, 2.05) is 24.3 Å². The molecular formula is C11H13N3O2. The number of amidine groups is 1. The highest BCUT2D eigenvalue weighted by Gasteiger charge is 2.23. The van der Waals surface area contributed by atoms with E-state index in [1.54, 1.807) is 0 Å². The molecule has 84 valence electrons. The van der Waals surface area contributed by atoms with Gasteiger partial charge in [0.2, 0.25) is 0 Å². The van der Waals surface area contributed by atoms with Crippen LogP contribution < -0.4 is 10.6 Å². The summed E-state index contributed by atoms with van der Waals surface area (Å²) in [5, 5.41) is 21.5. The SMILES string of the molecule is N=C(NC(=O)O)C1NCCc2ccccc21. The van der Waals surface area contributed by atoms with Gasteiger partial charge in [-0.2, -0.15) is 0 Å². The monoisotopic (exact) mass is 219 g/mol. The van der Waals surface area contributed by atoms with Crippen LogP contribution in [0, 0.1) is 5.41 Å². The highest BCUT2D eigenvalue weighted by molar-refractivity contribution is 5.96. The van der Waals surface area contributed by atoms with Crippen molar-refractivity contribution in [2.75, 3.05) is 6.54 Å². The topological polar surface area (TPSA) is 85.2 Å². The molecule has 5 heteroatoms. The van der Waals surface area contributed by atoms with E-state index >= 15 is 0 Å². The summed E-state index contributed by atoms with van der Waals surface area (Å²) in [5.41, 5.74) is 2.15. The first kappa shape index (κ1) is 10.6. The minimum Gasteiger partial charge on any atom is -0.465 e. The second-order valence-corrected chi connectivity index (χ2v) is 3.68. The fourth-order valence-corrected chi connectivity index (χ4v) is 1.95. The van der Waals surface area contributed by atoms with Crippen molar-refractivity contribution in [2.45, 2.75) is 12.5 Å². The van der Waals surface area contributed by atoms with E-state index in [0.29, 0.717) is 0 Å². The third kappa shape index (κ3) is 2.04. The van der Waals surface area contributed by atoms with Gasteiger partial charge in [0.05, 0.1) is 6.04 Å². The van der Waals surface area contributed by atoms with Gasteiger partial charge in [0.1, 0.15) is 5.84 Å². The largest absolute Gasteiger partial charge is 0.465 e. The Morgan fingerprint density at radius 3 is 3.00 bits per heavy atom. The molecule has 0 radical (unpaired) electrons. The van der Waals surface area contributed by atoms with E-state index < -0.39 is 6.09 Å². The number of nitrogens with one attached hydrogen (secondary N) is 3. The van der Waals surface area contributed by atoms with Crippen LogP contribution in [0.4, 0.5) is 4.79 Å². The van der Waals surface area contributed by atoms with Gasteiger partial charge in [-0.15, -0.1) is 0 Å². The summed E-state index contributed by atoms with van der Waals surface area (Å²) in [6, 6.07) is 7.44. The lowest BCUT2D eigenvalue weighted by Gasteiger charge is -2.26. The van der Waals surface area contributed by atoms with Crippen LogP contribution in [0.15, 0.2) is 24.3 Å². The maximum absolute atomic E-state index is 10.5. The van der Waals surface area contributed by atoms with Gasteiger partial charge in [0.15, 0.2) is 0 Å². The average Bonchev–Trinajstić information content (AvgIpc) is 2.27. The number of hydrogen-bond acceptors (Lipinski definition) is 3. The number of carbonyl (C=O) groups is 1. The normalized spacial score (nSPS) is 18.6. The molecule has 0 fully saturated rings. The summed E-state index contributed by atoms with van der Waals surface area (Å²) in [5.74, 6) is -0.0281. The van der Waals surface area contributed by atoms with E-state index in [4.69, 9.17) is 10.5 Å². The quantitative estimate of drug-likeness (QED) is 0.421. The van der Waals surface area contributed by atoms with Crippen molar-refractivity contribution in [3.63, 3.8) is 0 Å². The van der Waals surface area contributed by atoms with E-state index in [0.717, 1.165) is 18.5 Å². The molecule has 0 bridgehead atoms. The van der Waals surface area contributed by atoms with E-state index in [2.05, 4.69) is 10.6 Å². The molecule has 4 N–H and O–H groups in total. The average molecular weight is 219 g/mol. The molecular weight excluding hydrogens is 206 g/mol. The predicted molar refractivity (Wildman–Crippen MR) is 59.8 cm³/mol. The summed E-state index contributed by atoms with van der Waals surface area (Å²) < 4.78 is 0. The van der Waals surface area contributed by atoms with Gasteiger partial charge >= 0.3 is 6.09 Å². The van der Waals surface area contributed by atoms with E-state index in [-0.39, 0.29) is 11.9 Å². The second kappa shape index (κ2) is 4.32. The zero-order valence-corrected chi connectivity index (χ0v) is 8.66. The highest BCUT2D eigenvalue weighted by Crippen LogP contribution is 2.22. The summed E-state index contributed by atoms with van der Waals surface area (Å²) in [7, 11) is 0. The van der Waals surface area contributed by atoms with Crippen LogP contribution in [0.5, 0.6) is 0 Å². The molecule has 1 heterocycles. The van der Waals surface area contributed by atoms with Crippen molar-refractivity contribution in [2.24, 2.45) is 0 Å². The predicted octanol–water partition coefficient (Wildman–Crippen LogP) is 1.12. The first-order valence-electron chi connectivity index (χ1n) is 5.08. The van der Waals surface area contributed by atoms with Crippen molar-refractivity contribution in [3.05, 3.63) is 35.4 Å². The van der Waals surface area contributed by atoms with Crippen LogP contribution in [0.3, 0.4) is 0 Å². The van der Waals surface area contributed by atoms with Gasteiger partial charge in [-0.3, -0.25) is 10.7 Å². The molecule has 1 aromatic rings. The molecule has 5 nitrogen and oxygen atoms in total. The number of benzene rings is 1. The standard InChI is InChI=1S/C11H13N3O2/c12-10(14-11(15)16)9-8-4-2-1-3-7(8)5-6-13-9/h1-4,9,13H,5-6H2,(H2,12,14)(H,15,16). The Morgan fingerprint density at radius 1 is 1.50 bits per heavy atom. The lowest BCUT2D eigenvalue weighted by molar-refractivity contribution is 0.199. The van der Waals surface area contributed by atoms with E-state index in [9.17, 15) is 4.79 Å². The summed E-state index contributed by atoms with van der Waals surface area (Å²) in [4.78, 5) is 10.5. The van der Waals surface area contributed by atoms with Gasteiger partial charge < -0.3 is 10.4 Å². The lowest BCUT2D eigenvalue weighted by atomic mass is 9.94. The van der Waals surface area contributed by atoms with Crippen LogP contribution >= 0.6 is 0 Å². The molecule has 1 aromatic carbocycles. The summed E-state index contributed by atoms with van der Waals surface area (Å²) in [6.07, 6.45) is -0.289. The minimum atomic E-state index is -1.20. The Balaban J connectivity index is 2.24. The van der Waals surface area contributed by atoms with Crippen LogP contribution in [0.2, 0.25) is 0 Å². The second-order valence-electron chi connectivity index (χ2n) is 3.68. The first-order valence-corrected chi connectivity index (χ1v) is 5.08. The van der Waals surface area contributed by atoms with Crippen molar-refractivity contribution in [1.29, 1.82) is 5.41 Å². The lowest BCUT2D eigenvalue weighted by Crippen LogP contribution is -2.42. The molecule has 0 spiro atoms. The Bertz CT molecular complexity index is 431. The zero-order chi connectivity index (χ0) is 11.5. The summed E-state index contributed by atoms with van der Waals surface area (Å²) in [6.45, 7) is 0.755. The molecule has 16 heavy (non-hydrogen) atoms. The molecule has 1 aliphatic rings. The molecule has 1 amide bonds. The molecule has 0 saturated carbocycles. The Labute approximate surface area is 93.0 Å². The Hall–Kier alpha value is -1.88. The Morgan fingerprint density at radius 2 is 2.25 bits per heavy atom. The summed E-state index contributed by atoms with van der Waals surface area (Å²) >= 11 is 0. The van der Waals surface area contributed by atoms with Crippen LogP contribution in [0.25, 0.3) is 0 Å². The zero-order valence-electron chi connectivity index (χ0n) is 8.66. The van der Waals surface area contributed by atoms with Crippen molar-refractivity contribution >= 4 is 11.9 Å². The fourth-order valence-electron chi connectivity index (χ4n) is 1.95. The number of carboxylic acid groups (broad SMARTS) is 1. The number of amides is 1. The molecule has 1 atom stereocenters. The number of fused-ring (bicyclic) bond motifs is 1. The Kier molecular flexibility index (Phi) is 2.87. The number of rotatable bonds is 1. The third-order valence-corrected chi connectivity index (χ3v) is 2.64.